The lowest BCUT2D eigenvalue weighted by Gasteiger charge is -2.14. The van der Waals surface area contributed by atoms with Gasteiger partial charge in [-0.1, -0.05) is 73.1 Å². The fourth-order valence-electron chi connectivity index (χ4n) is 2.89. The summed E-state index contributed by atoms with van der Waals surface area (Å²) < 4.78 is 0. The van der Waals surface area contributed by atoms with Crippen molar-refractivity contribution in [3.63, 3.8) is 0 Å². The van der Waals surface area contributed by atoms with Gasteiger partial charge in [-0.3, -0.25) is 4.79 Å². The van der Waals surface area contributed by atoms with Crippen LogP contribution in [0.4, 0.5) is 0 Å². The molecule has 1 aliphatic rings. The number of rotatable bonds is 5. The molecule has 2 aromatic rings. The Kier molecular flexibility index (Phi) is 5.14. The Morgan fingerprint density at radius 1 is 1.12 bits per heavy atom. The van der Waals surface area contributed by atoms with Gasteiger partial charge in [-0.25, -0.2) is 0 Å². The van der Waals surface area contributed by atoms with Crippen molar-refractivity contribution in [3.05, 3.63) is 57.6 Å². The van der Waals surface area contributed by atoms with Gasteiger partial charge in [0.1, 0.15) is 0 Å². The lowest BCUT2D eigenvalue weighted by Crippen LogP contribution is -1.99. The number of benzene rings is 2. The van der Waals surface area contributed by atoms with Gasteiger partial charge in [0.05, 0.1) is 16.0 Å². The van der Waals surface area contributed by atoms with E-state index >= 15 is 0 Å². The van der Waals surface area contributed by atoms with Crippen molar-refractivity contribution in [1.29, 1.82) is 0 Å². The largest absolute Gasteiger partial charge is 0.481 e. The highest BCUT2D eigenvalue weighted by Gasteiger charge is 2.45. The first kappa shape index (κ1) is 17.7. The summed E-state index contributed by atoms with van der Waals surface area (Å²) in [6, 6.07) is 12.1. The van der Waals surface area contributed by atoms with E-state index in [2.05, 4.69) is 26.0 Å². The molecule has 2 aromatic carbocycles. The number of aliphatic carboxylic acids is 1. The van der Waals surface area contributed by atoms with Crippen molar-refractivity contribution < 1.29 is 9.90 Å². The molecule has 0 radical (unpaired) electrons. The first-order chi connectivity index (χ1) is 11.4. The van der Waals surface area contributed by atoms with Gasteiger partial charge in [-0.05, 0) is 41.5 Å². The van der Waals surface area contributed by atoms with E-state index in [9.17, 15) is 4.79 Å². The van der Waals surface area contributed by atoms with Crippen LogP contribution in [-0.2, 0) is 4.79 Å². The Hall–Kier alpha value is -1.16. The molecule has 2 unspecified atom stereocenters. The van der Waals surface area contributed by atoms with E-state index in [0.717, 1.165) is 15.4 Å². The van der Waals surface area contributed by atoms with Crippen molar-refractivity contribution >= 4 is 40.9 Å². The maximum absolute atomic E-state index is 11.1. The van der Waals surface area contributed by atoms with E-state index in [4.69, 9.17) is 28.3 Å². The molecule has 1 saturated carbocycles. The minimum atomic E-state index is -0.767. The number of hydrogen-bond donors (Lipinski definition) is 1. The molecule has 2 atom stereocenters. The van der Waals surface area contributed by atoms with Crippen LogP contribution in [0.3, 0.4) is 0 Å². The molecule has 5 heteroatoms. The first-order valence-electron chi connectivity index (χ1n) is 7.87. The van der Waals surface area contributed by atoms with Crippen LogP contribution >= 0.6 is 35.0 Å². The van der Waals surface area contributed by atoms with Gasteiger partial charge < -0.3 is 5.11 Å². The molecule has 0 amide bonds. The average molecular weight is 381 g/mol. The SMILES string of the molecule is CC(C)c1ccccc1Sc1ccc(C2CC2C(=O)O)c(Cl)c1Cl. The van der Waals surface area contributed by atoms with Crippen LogP contribution in [0.2, 0.25) is 10.0 Å². The second-order valence-electron chi connectivity index (χ2n) is 6.36. The van der Waals surface area contributed by atoms with E-state index in [-0.39, 0.29) is 11.8 Å². The molecular weight excluding hydrogens is 363 g/mol. The van der Waals surface area contributed by atoms with Gasteiger partial charge in [0.25, 0.3) is 0 Å². The second-order valence-corrected chi connectivity index (χ2v) is 8.20. The van der Waals surface area contributed by atoms with E-state index < -0.39 is 5.97 Å². The Morgan fingerprint density at radius 3 is 2.46 bits per heavy atom. The minimum absolute atomic E-state index is 0.0190. The third-order valence-electron chi connectivity index (χ3n) is 4.34. The monoisotopic (exact) mass is 380 g/mol. The van der Waals surface area contributed by atoms with E-state index in [1.807, 2.05) is 24.3 Å². The molecule has 0 aliphatic heterocycles. The normalized spacial score (nSPS) is 19.5. The predicted molar refractivity (Wildman–Crippen MR) is 99.6 cm³/mol. The fourth-order valence-corrected chi connectivity index (χ4v) is 4.67. The molecule has 0 saturated heterocycles. The van der Waals surface area contributed by atoms with Gasteiger partial charge in [-0.15, -0.1) is 0 Å². The zero-order valence-corrected chi connectivity index (χ0v) is 15.8. The molecule has 0 spiro atoms. The Labute approximate surface area is 156 Å². The summed E-state index contributed by atoms with van der Waals surface area (Å²) >= 11 is 14.5. The van der Waals surface area contributed by atoms with Gasteiger partial charge in [0.2, 0.25) is 0 Å². The topological polar surface area (TPSA) is 37.3 Å². The zero-order chi connectivity index (χ0) is 17.4. The molecule has 0 heterocycles. The molecule has 24 heavy (non-hydrogen) atoms. The van der Waals surface area contributed by atoms with Crippen LogP contribution in [0.25, 0.3) is 0 Å². The highest BCUT2D eigenvalue weighted by Crippen LogP contribution is 2.52. The molecule has 1 fully saturated rings. The number of hydrogen-bond acceptors (Lipinski definition) is 2. The molecule has 0 aromatic heterocycles. The zero-order valence-electron chi connectivity index (χ0n) is 13.4. The lowest BCUT2D eigenvalue weighted by molar-refractivity contribution is -0.138. The average Bonchev–Trinajstić information content (AvgIpc) is 3.33. The smallest absolute Gasteiger partial charge is 0.307 e. The van der Waals surface area contributed by atoms with Crippen molar-refractivity contribution in [3.8, 4) is 0 Å². The summed E-state index contributed by atoms with van der Waals surface area (Å²) in [4.78, 5) is 13.1. The summed E-state index contributed by atoms with van der Waals surface area (Å²) in [5, 5.41) is 10.1. The third-order valence-corrected chi connectivity index (χ3v) is 6.51. The van der Waals surface area contributed by atoms with Crippen LogP contribution < -0.4 is 0 Å². The van der Waals surface area contributed by atoms with Crippen molar-refractivity contribution in [2.45, 2.75) is 41.9 Å². The molecule has 1 N–H and O–H groups in total. The molecule has 126 valence electrons. The summed E-state index contributed by atoms with van der Waals surface area (Å²) in [5.74, 6) is -0.699. The number of carbonyl (C=O) groups is 1. The summed E-state index contributed by atoms with van der Waals surface area (Å²) in [5.41, 5.74) is 2.11. The fraction of sp³-hybridized carbons (Fsp3) is 0.316. The van der Waals surface area contributed by atoms with Crippen LogP contribution in [0.15, 0.2) is 46.2 Å². The van der Waals surface area contributed by atoms with Crippen LogP contribution in [-0.4, -0.2) is 11.1 Å². The Bertz CT molecular complexity index is 789. The quantitative estimate of drug-likeness (QED) is 0.646. The second kappa shape index (κ2) is 6.99. The molecule has 3 rings (SSSR count). The van der Waals surface area contributed by atoms with Gasteiger partial charge in [0.15, 0.2) is 0 Å². The van der Waals surface area contributed by atoms with Gasteiger partial charge in [0, 0.05) is 9.79 Å². The Balaban J connectivity index is 1.89. The maximum Gasteiger partial charge on any atom is 0.307 e. The number of halogens is 2. The number of carboxylic acids is 1. The van der Waals surface area contributed by atoms with Crippen molar-refractivity contribution in [2.24, 2.45) is 5.92 Å². The standard InChI is InChI=1S/C19H18Cl2O2S/c1-10(2)11-5-3-4-6-15(11)24-16-8-7-12(17(20)18(16)21)13-9-14(13)19(22)23/h3-8,10,13-14H,9H2,1-2H3,(H,22,23). The highest BCUT2D eigenvalue weighted by molar-refractivity contribution is 7.99. The van der Waals surface area contributed by atoms with Crippen LogP contribution in [0, 0.1) is 5.92 Å². The summed E-state index contributed by atoms with van der Waals surface area (Å²) in [7, 11) is 0. The van der Waals surface area contributed by atoms with Crippen molar-refractivity contribution in [1.82, 2.24) is 0 Å². The molecule has 0 bridgehead atoms. The van der Waals surface area contributed by atoms with Crippen molar-refractivity contribution in [2.75, 3.05) is 0 Å². The molecule has 1 aliphatic carbocycles. The van der Waals surface area contributed by atoms with Crippen LogP contribution in [0.5, 0.6) is 0 Å². The summed E-state index contributed by atoms with van der Waals surface area (Å²) in [6.45, 7) is 4.33. The van der Waals surface area contributed by atoms with E-state index in [1.165, 1.54) is 5.56 Å². The number of carboxylic acid groups (broad SMARTS) is 1. The Morgan fingerprint density at radius 2 is 1.83 bits per heavy atom. The lowest BCUT2D eigenvalue weighted by atomic mass is 10.0. The molecular formula is C19H18Cl2O2S. The van der Waals surface area contributed by atoms with E-state index in [0.29, 0.717) is 22.4 Å². The predicted octanol–water partition coefficient (Wildman–Crippen LogP) is 6.46. The summed E-state index contributed by atoms with van der Waals surface area (Å²) in [6.07, 6.45) is 0.633. The first-order valence-corrected chi connectivity index (χ1v) is 9.44. The highest BCUT2D eigenvalue weighted by atomic mass is 35.5. The minimum Gasteiger partial charge on any atom is -0.481 e. The van der Waals surface area contributed by atoms with E-state index in [1.54, 1.807) is 11.8 Å². The maximum atomic E-state index is 11.1. The molecule has 2 nitrogen and oxygen atoms in total. The van der Waals surface area contributed by atoms with Crippen LogP contribution in [0.1, 0.15) is 43.2 Å². The van der Waals surface area contributed by atoms with Gasteiger partial charge >= 0.3 is 5.97 Å². The third kappa shape index (κ3) is 3.44. The van der Waals surface area contributed by atoms with Gasteiger partial charge in [-0.2, -0.15) is 0 Å².